The largest absolute Gasteiger partial charge is 0.301 e. The summed E-state index contributed by atoms with van der Waals surface area (Å²) in [4.78, 5) is 8.10. The molecule has 0 amide bonds. The molecule has 1 rings (SSSR count). The molecule has 0 radical (unpaired) electrons. The molecule has 0 spiro atoms. The number of hydroxylamine groups is 1. The van der Waals surface area contributed by atoms with Crippen LogP contribution in [0.3, 0.4) is 0 Å². The normalized spacial score (nSPS) is 12.4. The molecule has 0 aliphatic heterocycles. The van der Waals surface area contributed by atoms with Crippen molar-refractivity contribution < 1.29 is 4.84 Å². The summed E-state index contributed by atoms with van der Waals surface area (Å²) >= 11 is 1.86. The second-order valence-corrected chi connectivity index (χ2v) is 6.71. The van der Waals surface area contributed by atoms with Gasteiger partial charge in [0.2, 0.25) is 0 Å². The molecule has 0 aromatic carbocycles. The van der Waals surface area contributed by atoms with Gasteiger partial charge in [-0.15, -0.1) is 11.3 Å². The molecule has 2 nitrogen and oxygen atoms in total. The van der Waals surface area contributed by atoms with Crippen LogP contribution in [0.1, 0.15) is 44.4 Å². The van der Waals surface area contributed by atoms with Crippen molar-refractivity contribution in [2.75, 3.05) is 6.61 Å². The maximum atomic E-state index is 5.35. The van der Waals surface area contributed by atoms with Crippen molar-refractivity contribution in [1.82, 2.24) is 5.48 Å². The van der Waals surface area contributed by atoms with Gasteiger partial charge in [0, 0.05) is 9.75 Å². The predicted octanol–water partition coefficient (Wildman–Crippen LogP) is 3.72. The van der Waals surface area contributed by atoms with Gasteiger partial charge >= 0.3 is 0 Å². The molecule has 3 heteroatoms. The van der Waals surface area contributed by atoms with Crippen molar-refractivity contribution in [3.63, 3.8) is 0 Å². The third-order valence-corrected chi connectivity index (χ3v) is 3.68. The smallest absolute Gasteiger partial charge is 0.0705 e. The van der Waals surface area contributed by atoms with Gasteiger partial charge in [0.05, 0.1) is 13.2 Å². The van der Waals surface area contributed by atoms with Crippen LogP contribution in [0.4, 0.5) is 0 Å². The zero-order chi connectivity index (χ0) is 12.2. The van der Waals surface area contributed by atoms with E-state index in [1.54, 1.807) is 0 Å². The average Bonchev–Trinajstić information content (AvgIpc) is 2.59. The Hall–Kier alpha value is -0.380. The Morgan fingerprint density at radius 3 is 2.50 bits per heavy atom. The lowest BCUT2D eigenvalue weighted by Gasteiger charge is -2.15. The Bertz CT molecular complexity index is 312. The van der Waals surface area contributed by atoms with E-state index in [2.05, 4.69) is 52.2 Å². The Morgan fingerprint density at radius 2 is 2.00 bits per heavy atom. The lowest BCUT2D eigenvalue weighted by atomic mass is 9.95. The van der Waals surface area contributed by atoms with Crippen molar-refractivity contribution in [3.05, 3.63) is 21.9 Å². The lowest BCUT2D eigenvalue weighted by Crippen LogP contribution is -2.16. The van der Waals surface area contributed by atoms with Gasteiger partial charge in [-0.2, -0.15) is 5.48 Å². The third-order valence-electron chi connectivity index (χ3n) is 2.17. The van der Waals surface area contributed by atoms with Crippen LogP contribution in [0.25, 0.3) is 0 Å². The van der Waals surface area contributed by atoms with Gasteiger partial charge in [-0.25, -0.2) is 0 Å². The van der Waals surface area contributed by atoms with Crippen LogP contribution >= 0.6 is 11.3 Å². The number of hydrogen-bond donors (Lipinski definition) is 1. The van der Waals surface area contributed by atoms with E-state index in [0.29, 0.717) is 5.92 Å². The van der Waals surface area contributed by atoms with Crippen molar-refractivity contribution in [2.45, 2.75) is 46.6 Å². The Balaban J connectivity index is 2.36. The third kappa shape index (κ3) is 4.64. The summed E-state index contributed by atoms with van der Waals surface area (Å²) in [6.45, 7) is 12.6. The van der Waals surface area contributed by atoms with Crippen LogP contribution < -0.4 is 5.48 Å². The molecule has 0 saturated carbocycles. The fourth-order valence-corrected chi connectivity index (χ4v) is 2.22. The zero-order valence-electron chi connectivity index (χ0n) is 11.0. The van der Waals surface area contributed by atoms with E-state index in [4.69, 9.17) is 4.84 Å². The van der Waals surface area contributed by atoms with Crippen LogP contribution in [-0.4, -0.2) is 6.61 Å². The minimum atomic E-state index is 0.252. The van der Waals surface area contributed by atoms with E-state index in [-0.39, 0.29) is 5.41 Å². The van der Waals surface area contributed by atoms with Crippen LogP contribution in [-0.2, 0) is 16.8 Å². The molecule has 1 N–H and O–H groups in total. The second kappa shape index (κ2) is 5.80. The number of nitrogens with one attached hydrogen (secondary N) is 1. The molecule has 0 saturated heterocycles. The molecule has 0 fully saturated rings. The topological polar surface area (TPSA) is 21.3 Å². The first kappa shape index (κ1) is 13.7. The monoisotopic (exact) mass is 241 g/mol. The first-order chi connectivity index (χ1) is 7.39. The molecule has 0 aliphatic carbocycles. The highest BCUT2D eigenvalue weighted by molar-refractivity contribution is 7.12. The van der Waals surface area contributed by atoms with Gasteiger partial charge in [-0.05, 0) is 23.5 Å². The van der Waals surface area contributed by atoms with E-state index >= 15 is 0 Å². The molecule has 1 heterocycles. The molecular weight excluding hydrogens is 218 g/mol. The highest BCUT2D eigenvalue weighted by atomic mass is 32.1. The van der Waals surface area contributed by atoms with E-state index in [1.165, 1.54) is 9.75 Å². The van der Waals surface area contributed by atoms with E-state index in [9.17, 15) is 0 Å². The Morgan fingerprint density at radius 1 is 1.31 bits per heavy atom. The number of thiophene rings is 1. The molecule has 0 unspecified atom stereocenters. The standard InChI is InChI=1S/C13H23NOS/c1-10(2)9-15-14-8-11-6-7-12(16-11)13(3,4)5/h6-7,10,14H,8-9H2,1-5H3. The van der Waals surface area contributed by atoms with E-state index in [0.717, 1.165) is 13.2 Å². The van der Waals surface area contributed by atoms with Crippen LogP contribution in [0.5, 0.6) is 0 Å². The SMILES string of the molecule is CC(C)CONCc1ccc(C(C)(C)C)s1. The fraction of sp³-hybridized carbons (Fsp3) is 0.692. The van der Waals surface area contributed by atoms with E-state index in [1.807, 2.05) is 11.3 Å². The summed E-state index contributed by atoms with van der Waals surface area (Å²) < 4.78 is 0. The van der Waals surface area contributed by atoms with Gasteiger partial charge < -0.3 is 4.84 Å². The van der Waals surface area contributed by atoms with Gasteiger partial charge in [0.15, 0.2) is 0 Å². The van der Waals surface area contributed by atoms with Gasteiger partial charge in [0.25, 0.3) is 0 Å². The Labute approximate surface area is 103 Å². The summed E-state index contributed by atoms with van der Waals surface area (Å²) in [5.74, 6) is 0.570. The van der Waals surface area contributed by atoms with Crippen LogP contribution in [0.15, 0.2) is 12.1 Å². The summed E-state index contributed by atoms with van der Waals surface area (Å²) in [5.41, 5.74) is 3.26. The molecule has 1 aromatic heterocycles. The molecular formula is C13H23NOS. The molecule has 0 aliphatic rings. The second-order valence-electron chi connectivity index (χ2n) is 5.54. The molecule has 0 atom stereocenters. The molecule has 0 bridgehead atoms. The maximum absolute atomic E-state index is 5.35. The van der Waals surface area contributed by atoms with Crippen LogP contribution in [0, 0.1) is 5.92 Å². The predicted molar refractivity (Wildman–Crippen MR) is 70.6 cm³/mol. The highest BCUT2D eigenvalue weighted by Crippen LogP contribution is 2.29. The van der Waals surface area contributed by atoms with E-state index < -0.39 is 0 Å². The summed E-state index contributed by atoms with van der Waals surface area (Å²) in [6.07, 6.45) is 0. The molecule has 92 valence electrons. The molecule has 16 heavy (non-hydrogen) atoms. The highest BCUT2D eigenvalue weighted by Gasteiger charge is 2.15. The number of hydrogen-bond acceptors (Lipinski definition) is 3. The van der Waals surface area contributed by atoms with Crippen molar-refractivity contribution in [3.8, 4) is 0 Å². The van der Waals surface area contributed by atoms with Gasteiger partial charge in [-0.3, -0.25) is 0 Å². The van der Waals surface area contributed by atoms with Gasteiger partial charge in [-0.1, -0.05) is 34.6 Å². The summed E-state index contributed by atoms with van der Waals surface area (Å²) in [7, 11) is 0. The van der Waals surface area contributed by atoms with Crippen molar-refractivity contribution in [2.24, 2.45) is 5.92 Å². The van der Waals surface area contributed by atoms with Gasteiger partial charge in [0.1, 0.15) is 0 Å². The van der Waals surface area contributed by atoms with Crippen LogP contribution in [0.2, 0.25) is 0 Å². The maximum Gasteiger partial charge on any atom is 0.0705 e. The lowest BCUT2D eigenvalue weighted by molar-refractivity contribution is 0.0201. The van der Waals surface area contributed by atoms with Crippen molar-refractivity contribution in [1.29, 1.82) is 0 Å². The first-order valence-electron chi connectivity index (χ1n) is 5.83. The Kier molecular flexibility index (Phi) is 4.96. The minimum absolute atomic E-state index is 0.252. The summed E-state index contributed by atoms with van der Waals surface area (Å²) in [5, 5.41) is 0. The average molecular weight is 241 g/mol. The zero-order valence-corrected chi connectivity index (χ0v) is 11.8. The molecule has 1 aromatic rings. The number of rotatable bonds is 5. The summed E-state index contributed by atoms with van der Waals surface area (Å²) in [6, 6.07) is 4.39. The minimum Gasteiger partial charge on any atom is -0.301 e. The van der Waals surface area contributed by atoms with Crippen molar-refractivity contribution >= 4 is 11.3 Å². The fourth-order valence-electron chi connectivity index (χ4n) is 1.22. The quantitative estimate of drug-likeness (QED) is 0.626. The first-order valence-corrected chi connectivity index (χ1v) is 6.65.